The number of carbonyl (C=O) groups is 1. The summed E-state index contributed by atoms with van der Waals surface area (Å²) in [6, 6.07) is 4.00. The maximum absolute atomic E-state index is 12.0. The highest BCUT2D eigenvalue weighted by molar-refractivity contribution is 7.99. The van der Waals surface area contributed by atoms with Gasteiger partial charge in [0.2, 0.25) is 0 Å². The summed E-state index contributed by atoms with van der Waals surface area (Å²) >= 11 is 7.37. The van der Waals surface area contributed by atoms with Crippen LogP contribution in [0.25, 0.3) is 0 Å². The van der Waals surface area contributed by atoms with Crippen molar-refractivity contribution < 1.29 is 15.0 Å². The molecule has 0 bridgehead atoms. The lowest BCUT2D eigenvalue weighted by molar-refractivity contribution is 0.0935. The summed E-state index contributed by atoms with van der Waals surface area (Å²) in [6.07, 6.45) is 1.87. The molecule has 1 aromatic rings. The van der Waals surface area contributed by atoms with Crippen LogP contribution in [-0.2, 0) is 0 Å². The monoisotopic (exact) mass is 289 g/mol. The van der Waals surface area contributed by atoms with E-state index in [9.17, 15) is 9.90 Å². The quantitative estimate of drug-likeness (QED) is 0.774. The number of phenols is 1. The van der Waals surface area contributed by atoms with Crippen LogP contribution in [0.15, 0.2) is 18.2 Å². The fourth-order valence-electron chi connectivity index (χ4n) is 1.50. The summed E-state index contributed by atoms with van der Waals surface area (Å²) < 4.78 is 0. The van der Waals surface area contributed by atoms with Crippen LogP contribution in [0.1, 0.15) is 17.3 Å². The Hall–Kier alpha value is -0.910. The molecule has 100 valence electrons. The van der Waals surface area contributed by atoms with E-state index in [1.165, 1.54) is 30.0 Å². The van der Waals surface area contributed by atoms with Crippen molar-refractivity contribution in [2.24, 2.45) is 0 Å². The van der Waals surface area contributed by atoms with Gasteiger partial charge in [-0.1, -0.05) is 11.6 Å². The molecule has 2 atom stereocenters. The number of phenolic OH excluding ortho intramolecular Hbond substituents is 1. The Balaban J connectivity index is 2.79. The third kappa shape index (κ3) is 3.80. The number of aliphatic hydroxyl groups is 1. The molecule has 0 aliphatic heterocycles. The van der Waals surface area contributed by atoms with Crippen molar-refractivity contribution in [1.29, 1.82) is 0 Å². The van der Waals surface area contributed by atoms with E-state index in [0.29, 0.717) is 0 Å². The van der Waals surface area contributed by atoms with Crippen molar-refractivity contribution in [3.63, 3.8) is 0 Å². The van der Waals surface area contributed by atoms with Gasteiger partial charge in [-0.2, -0.15) is 11.8 Å². The maximum atomic E-state index is 12.0. The van der Waals surface area contributed by atoms with E-state index >= 15 is 0 Å². The first-order valence-electron chi connectivity index (χ1n) is 5.42. The van der Waals surface area contributed by atoms with Gasteiger partial charge in [0.1, 0.15) is 5.75 Å². The van der Waals surface area contributed by atoms with Crippen LogP contribution in [0.2, 0.25) is 5.02 Å². The molecule has 6 heteroatoms. The normalized spacial score (nSPS) is 14.0. The lowest BCUT2D eigenvalue weighted by atomic mass is 10.1. The predicted octanol–water partition coefficient (Wildman–Crippen LogP) is 1.89. The molecule has 0 saturated carbocycles. The fraction of sp³-hybridized carbons (Fsp3) is 0.417. The number of halogens is 1. The summed E-state index contributed by atoms with van der Waals surface area (Å²) in [5.41, 5.74) is 0.223. The van der Waals surface area contributed by atoms with Gasteiger partial charge in [-0.15, -0.1) is 0 Å². The van der Waals surface area contributed by atoms with Gasteiger partial charge in [0, 0.05) is 11.3 Å². The molecule has 3 N–H and O–H groups in total. The number of carbonyl (C=O) groups excluding carboxylic acids is 1. The SMILES string of the molecule is CSC(CO)C(C)NC(=O)c1cc(O)ccc1Cl. The Bertz CT molecular complexity index is 424. The van der Waals surface area contributed by atoms with Crippen LogP contribution in [0.4, 0.5) is 0 Å². The topological polar surface area (TPSA) is 69.6 Å². The first-order valence-corrected chi connectivity index (χ1v) is 7.09. The van der Waals surface area contributed by atoms with E-state index in [0.717, 1.165) is 0 Å². The molecule has 0 fully saturated rings. The lowest BCUT2D eigenvalue weighted by Gasteiger charge is -2.21. The summed E-state index contributed by atoms with van der Waals surface area (Å²) in [5, 5.41) is 21.4. The van der Waals surface area contributed by atoms with E-state index < -0.39 is 0 Å². The Morgan fingerprint density at radius 1 is 1.56 bits per heavy atom. The van der Waals surface area contributed by atoms with Gasteiger partial charge in [0.05, 0.1) is 17.2 Å². The molecule has 0 saturated heterocycles. The second-order valence-corrected chi connectivity index (χ2v) is 5.37. The molecule has 2 unspecified atom stereocenters. The van der Waals surface area contributed by atoms with E-state index in [4.69, 9.17) is 16.7 Å². The van der Waals surface area contributed by atoms with Crippen molar-refractivity contribution in [2.75, 3.05) is 12.9 Å². The van der Waals surface area contributed by atoms with Crippen LogP contribution in [0.3, 0.4) is 0 Å². The molecule has 0 heterocycles. The van der Waals surface area contributed by atoms with Gasteiger partial charge in [-0.3, -0.25) is 4.79 Å². The zero-order valence-electron chi connectivity index (χ0n) is 10.2. The smallest absolute Gasteiger partial charge is 0.253 e. The van der Waals surface area contributed by atoms with Crippen LogP contribution in [0.5, 0.6) is 5.75 Å². The van der Waals surface area contributed by atoms with E-state index in [1.807, 2.05) is 13.2 Å². The van der Waals surface area contributed by atoms with Crippen molar-refractivity contribution in [2.45, 2.75) is 18.2 Å². The maximum Gasteiger partial charge on any atom is 0.253 e. The van der Waals surface area contributed by atoms with Crippen LogP contribution in [0, 0.1) is 0 Å². The average molecular weight is 290 g/mol. The molecular formula is C12H16ClNO3S. The molecular weight excluding hydrogens is 274 g/mol. The lowest BCUT2D eigenvalue weighted by Crippen LogP contribution is -2.41. The molecule has 18 heavy (non-hydrogen) atoms. The van der Waals surface area contributed by atoms with Gasteiger partial charge in [-0.25, -0.2) is 0 Å². The zero-order valence-corrected chi connectivity index (χ0v) is 11.8. The molecule has 1 amide bonds. The highest BCUT2D eigenvalue weighted by atomic mass is 35.5. The van der Waals surface area contributed by atoms with E-state index in [-0.39, 0.29) is 40.1 Å². The van der Waals surface area contributed by atoms with Crippen molar-refractivity contribution in [3.8, 4) is 5.75 Å². The molecule has 0 spiro atoms. The molecule has 0 aromatic heterocycles. The summed E-state index contributed by atoms with van der Waals surface area (Å²) in [6.45, 7) is 1.79. The van der Waals surface area contributed by atoms with Crippen LogP contribution < -0.4 is 5.32 Å². The number of amides is 1. The second kappa shape index (κ2) is 6.87. The fourth-order valence-corrected chi connectivity index (χ4v) is 2.33. The first-order chi connectivity index (χ1) is 8.49. The predicted molar refractivity (Wildman–Crippen MR) is 74.4 cm³/mol. The van der Waals surface area contributed by atoms with Crippen molar-refractivity contribution in [1.82, 2.24) is 5.32 Å². The molecule has 0 aliphatic rings. The minimum Gasteiger partial charge on any atom is -0.508 e. The number of nitrogens with one attached hydrogen (secondary N) is 1. The standard InChI is InChI=1S/C12H16ClNO3S/c1-7(11(6-15)18-2)14-12(17)9-5-8(16)3-4-10(9)13/h3-5,7,11,15-16H,6H2,1-2H3,(H,14,17). The van der Waals surface area contributed by atoms with Gasteiger partial charge in [0.25, 0.3) is 5.91 Å². The van der Waals surface area contributed by atoms with Crippen LogP contribution >= 0.6 is 23.4 Å². The Kier molecular flexibility index (Phi) is 5.78. The minimum atomic E-state index is -0.365. The third-order valence-electron chi connectivity index (χ3n) is 2.59. The number of thioether (sulfide) groups is 1. The van der Waals surface area contributed by atoms with Crippen molar-refractivity contribution >= 4 is 29.3 Å². The van der Waals surface area contributed by atoms with Gasteiger partial charge in [0.15, 0.2) is 0 Å². The highest BCUT2D eigenvalue weighted by Crippen LogP contribution is 2.21. The Morgan fingerprint density at radius 3 is 2.78 bits per heavy atom. The number of rotatable bonds is 5. The van der Waals surface area contributed by atoms with Gasteiger partial charge >= 0.3 is 0 Å². The van der Waals surface area contributed by atoms with Crippen LogP contribution in [-0.4, -0.2) is 40.3 Å². The van der Waals surface area contributed by atoms with E-state index in [1.54, 1.807) is 0 Å². The third-order valence-corrected chi connectivity index (χ3v) is 4.09. The number of hydrogen-bond donors (Lipinski definition) is 3. The number of hydrogen-bond acceptors (Lipinski definition) is 4. The second-order valence-electron chi connectivity index (χ2n) is 3.88. The molecule has 0 radical (unpaired) electrons. The summed E-state index contributed by atoms with van der Waals surface area (Å²) in [4.78, 5) is 12.0. The molecule has 1 aromatic carbocycles. The summed E-state index contributed by atoms with van der Waals surface area (Å²) in [5.74, 6) is -0.378. The first kappa shape index (κ1) is 15.1. The average Bonchev–Trinajstić information content (AvgIpc) is 2.33. The van der Waals surface area contributed by atoms with Crippen molar-refractivity contribution in [3.05, 3.63) is 28.8 Å². The number of aliphatic hydroxyl groups excluding tert-OH is 1. The minimum absolute atomic E-state index is 0.0132. The summed E-state index contributed by atoms with van der Waals surface area (Å²) in [7, 11) is 0. The molecule has 1 rings (SSSR count). The molecule has 4 nitrogen and oxygen atoms in total. The number of benzene rings is 1. The molecule has 0 aliphatic carbocycles. The van der Waals surface area contributed by atoms with Gasteiger partial charge < -0.3 is 15.5 Å². The Morgan fingerprint density at radius 2 is 2.22 bits per heavy atom. The highest BCUT2D eigenvalue weighted by Gasteiger charge is 2.19. The van der Waals surface area contributed by atoms with E-state index in [2.05, 4.69) is 5.32 Å². The number of aromatic hydroxyl groups is 1. The largest absolute Gasteiger partial charge is 0.508 e. The Labute approximate surface area is 115 Å². The van der Waals surface area contributed by atoms with Gasteiger partial charge in [-0.05, 0) is 31.4 Å². The zero-order chi connectivity index (χ0) is 13.7.